The van der Waals surface area contributed by atoms with Gasteiger partial charge in [-0.05, 0) is 81.6 Å². The molecule has 0 saturated carbocycles. The van der Waals surface area contributed by atoms with Crippen LogP contribution in [-0.4, -0.2) is 23.0 Å². The van der Waals surface area contributed by atoms with Crippen LogP contribution >= 0.6 is 12.4 Å². The number of aromatic nitrogens is 1. The predicted octanol–water partition coefficient (Wildman–Crippen LogP) is 6.32. The number of halogens is 1. The molecule has 3 aromatic heterocycles. The van der Waals surface area contributed by atoms with Gasteiger partial charge in [-0.15, -0.1) is 12.4 Å². The number of aryl methyl sites for hydroxylation is 3. The molecule has 1 aliphatic rings. The van der Waals surface area contributed by atoms with Gasteiger partial charge >= 0.3 is 5.63 Å². The monoisotopic (exact) mass is 452 g/mol. The highest BCUT2D eigenvalue weighted by atomic mass is 35.5. The van der Waals surface area contributed by atoms with Crippen LogP contribution in [0.1, 0.15) is 48.1 Å². The number of likely N-dealkylation sites (tertiary alicyclic amines) is 1. The van der Waals surface area contributed by atoms with Crippen LogP contribution < -0.4 is 5.63 Å². The van der Waals surface area contributed by atoms with Crippen molar-refractivity contribution < 1.29 is 8.83 Å². The fourth-order valence-electron chi connectivity index (χ4n) is 4.62. The molecule has 0 spiro atoms. The van der Waals surface area contributed by atoms with Gasteiger partial charge in [-0.2, -0.15) is 0 Å². The molecule has 168 valence electrons. The van der Waals surface area contributed by atoms with Crippen LogP contribution in [0, 0.1) is 20.8 Å². The Morgan fingerprint density at radius 1 is 0.906 bits per heavy atom. The molecular weight excluding hydrogens is 424 g/mol. The highest BCUT2D eigenvalue weighted by Crippen LogP contribution is 2.35. The minimum Gasteiger partial charge on any atom is -0.454 e. The van der Waals surface area contributed by atoms with Crippen molar-refractivity contribution in [2.24, 2.45) is 0 Å². The number of hydrogen-bond acceptors (Lipinski definition) is 5. The van der Waals surface area contributed by atoms with Gasteiger partial charge in [0.15, 0.2) is 5.58 Å². The van der Waals surface area contributed by atoms with Gasteiger partial charge in [-0.1, -0.05) is 12.8 Å². The smallest absolute Gasteiger partial charge is 0.336 e. The van der Waals surface area contributed by atoms with Gasteiger partial charge in [0.05, 0.1) is 5.69 Å². The number of furan rings is 1. The number of nitrogens with zero attached hydrogens (tertiary/aromatic N) is 2. The van der Waals surface area contributed by atoms with E-state index in [4.69, 9.17) is 8.83 Å². The van der Waals surface area contributed by atoms with Crippen molar-refractivity contribution in [2.45, 2.75) is 53.0 Å². The maximum atomic E-state index is 12.3. The number of pyridine rings is 1. The third kappa shape index (κ3) is 4.19. The summed E-state index contributed by atoms with van der Waals surface area (Å²) in [7, 11) is 0. The van der Waals surface area contributed by atoms with E-state index in [-0.39, 0.29) is 18.0 Å². The summed E-state index contributed by atoms with van der Waals surface area (Å²) in [6.07, 6.45) is 7.12. The SMILES string of the molecule is Cc1cc2oc(=O)cc(-c3cc4c(CN5CCCCCC5)cnc(C)c4o3)c2cc1C.Cl. The topological polar surface area (TPSA) is 59.5 Å². The van der Waals surface area contributed by atoms with Crippen LogP contribution in [0.2, 0.25) is 0 Å². The third-order valence-electron chi connectivity index (χ3n) is 6.54. The Bertz CT molecular complexity index is 1330. The second-order valence-corrected chi connectivity index (χ2v) is 8.82. The van der Waals surface area contributed by atoms with Crippen LogP contribution in [0.25, 0.3) is 33.3 Å². The lowest BCUT2D eigenvalue weighted by Crippen LogP contribution is -2.24. The third-order valence-corrected chi connectivity index (χ3v) is 6.54. The summed E-state index contributed by atoms with van der Waals surface area (Å²) < 4.78 is 11.8. The fraction of sp³-hybridized carbons (Fsp3) is 0.385. The number of rotatable bonds is 3. The van der Waals surface area contributed by atoms with Crippen LogP contribution in [-0.2, 0) is 6.54 Å². The van der Waals surface area contributed by atoms with E-state index in [1.165, 1.54) is 37.3 Å². The summed E-state index contributed by atoms with van der Waals surface area (Å²) in [6, 6.07) is 7.60. The zero-order valence-electron chi connectivity index (χ0n) is 18.9. The second kappa shape index (κ2) is 9.08. The molecule has 0 amide bonds. The standard InChI is InChI=1S/C26H28N2O3.ClH/c1-16-10-21-22(13-25(29)30-23(21)11-17(16)2)24-12-20-19(14-27-18(3)26(20)31-24)15-28-8-6-4-5-7-9-28;/h10-14H,4-9,15H2,1-3H3;1H. The highest BCUT2D eigenvalue weighted by Gasteiger charge is 2.18. The van der Waals surface area contributed by atoms with Gasteiger partial charge in [0.2, 0.25) is 0 Å². The van der Waals surface area contributed by atoms with Crippen molar-refractivity contribution in [2.75, 3.05) is 13.1 Å². The van der Waals surface area contributed by atoms with E-state index >= 15 is 0 Å². The molecule has 0 aliphatic carbocycles. The maximum Gasteiger partial charge on any atom is 0.336 e. The molecule has 5 rings (SSSR count). The molecule has 4 aromatic rings. The zero-order chi connectivity index (χ0) is 21.5. The minimum absolute atomic E-state index is 0. The van der Waals surface area contributed by atoms with Crippen molar-refractivity contribution in [3.63, 3.8) is 0 Å². The maximum absolute atomic E-state index is 12.3. The van der Waals surface area contributed by atoms with E-state index < -0.39 is 0 Å². The molecule has 6 heteroatoms. The molecule has 0 N–H and O–H groups in total. The van der Waals surface area contributed by atoms with E-state index in [2.05, 4.69) is 28.9 Å². The average Bonchev–Trinajstić information content (AvgIpc) is 3.04. The molecular formula is C26H29ClN2O3. The number of hydrogen-bond donors (Lipinski definition) is 0. The molecule has 0 bridgehead atoms. The van der Waals surface area contributed by atoms with Gasteiger partial charge in [0, 0.05) is 35.1 Å². The largest absolute Gasteiger partial charge is 0.454 e. The zero-order valence-corrected chi connectivity index (χ0v) is 19.7. The molecule has 1 aromatic carbocycles. The Hall–Kier alpha value is -2.63. The Balaban J connectivity index is 0.00000245. The fourth-order valence-corrected chi connectivity index (χ4v) is 4.62. The van der Waals surface area contributed by atoms with Gasteiger partial charge in [-0.3, -0.25) is 9.88 Å². The summed E-state index contributed by atoms with van der Waals surface area (Å²) >= 11 is 0. The van der Waals surface area contributed by atoms with Gasteiger partial charge in [-0.25, -0.2) is 4.79 Å². The Labute approximate surface area is 193 Å². The van der Waals surface area contributed by atoms with Gasteiger partial charge in [0.1, 0.15) is 11.3 Å². The van der Waals surface area contributed by atoms with E-state index in [0.717, 1.165) is 58.4 Å². The lowest BCUT2D eigenvalue weighted by Gasteiger charge is -2.20. The molecule has 1 aliphatic heterocycles. The molecule has 1 saturated heterocycles. The molecule has 32 heavy (non-hydrogen) atoms. The summed E-state index contributed by atoms with van der Waals surface area (Å²) in [5.74, 6) is 0.685. The van der Waals surface area contributed by atoms with Crippen LogP contribution in [0.3, 0.4) is 0 Å². The van der Waals surface area contributed by atoms with E-state index in [1.54, 1.807) is 0 Å². The Kier molecular flexibility index (Phi) is 6.40. The molecule has 1 fully saturated rings. The molecule has 0 unspecified atom stereocenters. The summed E-state index contributed by atoms with van der Waals surface area (Å²) in [5, 5.41) is 1.97. The molecule has 5 nitrogen and oxygen atoms in total. The number of benzene rings is 1. The summed E-state index contributed by atoms with van der Waals surface area (Å²) in [5.41, 5.74) is 6.07. The minimum atomic E-state index is -0.370. The first-order valence-electron chi connectivity index (χ1n) is 11.2. The first kappa shape index (κ1) is 22.6. The molecule has 0 atom stereocenters. The lowest BCUT2D eigenvalue weighted by atomic mass is 10.0. The van der Waals surface area contributed by atoms with E-state index in [9.17, 15) is 4.79 Å². The Morgan fingerprint density at radius 2 is 1.62 bits per heavy atom. The van der Waals surface area contributed by atoms with Crippen molar-refractivity contribution in [1.29, 1.82) is 0 Å². The molecule has 0 radical (unpaired) electrons. The van der Waals surface area contributed by atoms with E-state index in [0.29, 0.717) is 11.3 Å². The highest BCUT2D eigenvalue weighted by molar-refractivity contribution is 5.96. The van der Waals surface area contributed by atoms with Crippen LogP contribution in [0.15, 0.2) is 44.1 Å². The first-order valence-corrected chi connectivity index (χ1v) is 11.2. The second-order valence-electron chi connectivity index (χ2n) is 8.82. The lowest BCUT2D eigenvalue weighted by molar-refractivity contribution is 0.277. The summed E-state index contributed by atoms with van der Waals surface area (Å²) in [6.45, 7) is 9.18. The normalized spacial score (nSPS) is 15.1. The van der Waals surface area contributed by atoms with Gasteiger partial charge < -0.3 is 8.83 Å². The predicted molar refractivity (Wildman–Crippen MR) is 131 cm³/mol. The van der Waals surface area contributed by atoms with Crippen molar-refractivity contribution in [3.05, 3.63) is 63.3 Å². The quantitative estimate of drug-likeness (QED) is 0.340. The van der Waals surface area contributed by atoms with Crippen LogP contribution in [0.5, 0.6) is 0 Å². The summed E-state index contributed by atoms with van der Waals surface area (Å²) in [4.78, 5) is 19.4. The van der Waals surface area contributed by atoms with Crippen molar-refractivity contribution >= 4 is 34.3 Å². The van der Waals surface area contributed by atoms with Gasteiger partial charge in [0.25, 0.3) is 0 Å². The average molecular weight is 453 g/mol. The first-order chi connectivity index (χ1) is 15.0. The van der Waals surface area contributed by atoms with E-state index in [1.807, 2.05) is 26.1 Å². The van der Waals surface area contributed by atoms with Crippen molar-refractivity contribution in [3.8, 4) is 11.3 Å². The van der Waals surface area contributed by atoms with Crippen molar-refractivity contribution in [1.82, 2.24) is 9.88 Å². The molecule has 4 heterocycles. The van der Waals surface area contributed by atoms with Crippen LogP contribution in [0.4, 0.5) is 0 Å². The number of fused-ring (bicyclic) bond motifs is 2. The Morgan fingerprint density at radius 3 is 2.38 bits per heavy atom.